The summed E-state index contributed by atoms with van der Waals surface area (Å²) in [5, 5.41) is 0.391. The number of hydrogen-bond donors (Lipinski definition) is 1. The molecule has 5 heteroatoms. The zero-order valence-corrected chi connectivity index (χ0v) is 10.2. The highest BCUT2D eigenvalue weighted by Crippen LogP contribution is 2.23. The molecule has 2 rings (SSSR count). The smallest absolute Gasteiger partial charge is 0.129 e. The molecule has 1 atom stereocenters. The molecule has 0 radical (unpaired) electrons. The van der Waals surface area contributed by atoms with Crippen LogP contribution in [0.2, 0.25) is 5.02 Å². The molecule has 1 unspecified atom stereocenters. The quantitative estimate of drug-likeness (QED) is 0.928. The molecule has 0 amide bonds. The zero-order valence-electron chi connectivity index (χ0n) is 9.41. The highest BCUT2D eigenvalue weighted by atomic mass is 35.5. The number of nitrogens with zero attached hydrogens (tertiary/aromatic N) is 1. The third kappa shape index (κ3) is 2.66. The van der Waals surface area contributed by atoms with Gasteiger partial charge in [0.05, 0.1) is 16.8 Å². The summed E-state index contributed by atoms with van der Waals surface area (Å²) in [6.45, 7) is 0. The maximum Gasteiger partial charge on any atom is 0.129 e. The van der Waals surface area contributed by atoms with Crippen molar-refractivity contribution >= 4 is 11.6 Å². The average Bonchev–Trinajstić information content (AvgIpc) is 2.34. The zero-order chi connectivity index (χ0) is 13.1. The minimum atomic E-state index is -0.648. The fourth-order valence-electron chi connectivity index (χ4n) is 1.71. The van der Waals surface area contributed by atoms with Crippen LogP contribution < -0.4 is 5.73 Å². The van der Waals surface area contributed by atoms with Crippen LogP contribution in [0.5, 0.6) is 0 Å². The number of pyridine rings is 1. The predicted molar refractivity (Wildman–Crippen MR) is 66.2 cm³/mol. The van der Waals surface area contributed by atoms with Crippen molar-refractivity contribution in [3.05, 3.63) is 64.4 Å². The molecule has 18 heavy (non-hydrogen) atoms. The highest BCUT2D eigenvalue weighted by Gasteiger charge is 2.17. The van der Waals surface area contributed by atoms with Gasteiger partial charge in [-0.05, 0) is 30.7 Å². The van der Waals surface area contributed by atoms with Crippen LogP contribution in [0.25, 0.3) is 0 Å². The van der Waals surface area contributed by atoms with Gasteiger partial charge in [-0.1, -0.05) is 17.7 Å². The summed E-state index contributed by atoms with van der Waals surface area (Å²) in [6, 6.07) is 6.37. The number of aromatic nitrogens is 1. The van der Waals surface area contributed by atoms with E-state index in [9.17, 15) is 8.78 Å². The van der Waals surface area contributed by atoms with Gasteiger partial charge in [0.2, 0.25) is 0 Å². The molecule has 1 aromatic heterocycles. The van der Waals surface area contributed by atoms with E-state index in [1.54, 1.807) is 18.3 Å². The van der Waals surface area contributed by atoms with Crippen LogP contribution in [0, 0.1) is 11.6 Å². The van der Waals surface area contributed by atoms with Gasteiger partial charge in [0, 0.05) is 11.8 Å². The van der Waals surface area contributed by atoms with E-state index in [1.807, 2.05) is 0 Å². The summed E-state index contributed by atoms with van der Waals surface area (Å²) in [7, 11) is 0. The third-order valence-corrected chi connectivity index (χ3v) is 2.94. The minimum Gasteiger partial charge on any atom is -0.322 e. The molecule has 0 saturated heterocycles. The van der Waals surface area contributed by atoms with Gasteiger partial charge >= 0.3 is 0 Å². The Hall–Kier alpha value is -1.52. The van der Waals surface area contributed by atoms with E-state index in [0.717, 1.165) is 0 Å². The summed E-state index contributed by atoms with van der Waals surface area (Å²) in [5.41, 5.74) is 6.27. The second-order valence-corrected chi connectivity index (χ2v) is 4.29. The molecule has 94 valence electrons. The van der Waals surface area contributed by atoms with Crippen molar-refractivity contribution in [3.8, 4) is 0 Å². The minimum absolute atomic E-state index is 0.00917. The van der Waals surface area contributed by atoms with Crippen molar-refractivity contribution in [1.82, 2.24) is 4.98 Å². The Labute approximate surface area is 108 Å². The van der Waals surface area contributed by atoms with Crippen molar-refractivity contribution in [1.29, 1.82) is 0 Å². The molecule has 2 N–H and O–H groups in total. The fraction of sp³-hybridized carbons (Fsp3) is 0.154. The van der Waals surface area contributed by atoms with E-state index in [4.69, 9.17) is 17.3 Å². The SMILES string of the molecule is NC(Cc1c(F)cccc1F)c1ncccc1Cl. The molecule has 2 nitrogen and oxygen atoms in total. The molecule has 0 saturated carbocycles. The van der Waals surface area contributed by atoms with Crippen LogP contribution >= 0.6 is 11.6 Å². The van der Waals surface area contributed by atoms with Gasteiger partial charge in [-0.2, -0.15) is 0 Å². The lowest BCUT2D eigenvalue weighted by Crippen LogP contribution is -2.17. The van der Waals surface area contributed by atoms with Crippen LogP contribution in [0.1, 0.15) is 17.3 Å². The molecule has 0 bridgehead atoms. The maximum atomic E-state index is 13.5. The number of hydrogen-bond acceptors (Lipinski definition) is 2. The topological polar surface area (TPSA) is 38.9 Å². The first-order valence-corrected chi connectivity index (χ1v) is 5.76. The predicted octanol–water partition coefficient (Wildman–Crippen LogP) is 3.26. The molecule has 0 aliphatic carbocycles. The summed E-state index contributed by atoms with van der Waals surface area (Å²) in [4.78, 5) is 4.03. The lowest BCUT2D eigenvalue weighted by Gasteiger charge is -2.13. The molecule has 0 aliphatic rings. The highest BCUT2D eigenvalue weighted by molar-refractivity contribution is 6.31. The summed E-state index contributed by atoms with van der Waals surface area (Å²) >= 11 is 5.93. The van der Waals surface area contributed by atoms with E-state index in [-0.39, 0.29) is 12.0 Å². The first-order valence-electron chi connectivity index (χ1n) is 5.38. The van der Waals surface area contributed by atoms with Crippen LogP contribution in [0.15, 0.2) is 36.5 Å². The van der Waals surface area contributed by atoms with Crippen LogP contribution in [0.3, 0.4) is 0 Å². The summed E-state index contributed by atoms with van der Waals surface area (Å²) < 4.78 is 27.0. The third-order valence-electron chi connectivity index (χ3n) is 2.62. The van der Waals surface area contributed by atoms with Gasteiger partial charge < -0.3 is 5.73 Å². The fourth-order valence-corrected chi connectivity index (χ4v) is 1.98. The van der Waals surface area contributed by atoms with Crippen molar-refractivity contribution < 1.29 is 8.78 Å². The number of benzene rings is 1. The largest absolute Gasteiger partial charge is 0.322 e. The Morgan fingerprint density at radius 3 is 2.44 bits per heavy atom. The molecule has 0 spiro atoms. The average molecular weight is 269 g/mol. The normalized spacial score (nSPS) is 12.4. The molecule has 1 aromatic carbocycles. The van der Waals surface area contributed by atoms with E-state index in [0.29, 0.717) is 10.7 Å². The van der Waals surface area contributed by atoms with E-state index in [1.165, 1.54) is 18.2 Å². The Kier molecular flexibility index (Phi) is 3.89. The van der Waals surface area contributed by atoms with Crippen LogP contribution in [-0.4, -0.2) is 4.98 Å². The molecule has 2 aromatic rings. The second kappa shape index (κ2) is 5.42. The lowest BCUT2D eigenvalue weighted by molar-refractivity contribution is 0.537. The molecule has 0 fully saturated rings. The van der Waals surface area contributed by atoms with Crippen molar-refractivity contribution in [2.24, 2.45) is 5.73 Å². The van der Waals surface area contributed by atoms with Crippen molar-refractivity contribution in [2.75, 3.05) is 0 Å². The van der Waals surface area contributed by atoms with Crippen molar-refractivity contribution in [3.63, 3.8) is 0 Å². The Balaban J connectivity index is 2.27. The molecule has 1 heterocycles. The monoisotopic (exact) mass is 268 g/mol. The first kappa shape index (κ1) is 12.9. The number of nitrogens with two attached hydrogens (primary N) is 1. The molecular weight excluding hydrogens is 258 g/mol. The van der Waals surface area contributed by atoms with Crippen molar-refractivity contribution in [2.45, 2.75) is 12.5 Å². The maximum absolute atomic E-state index is 13.5. The van der Waals surface area contributed by atoms with Crippen LogP contribution in [0.4, 0.5) is 8.78 Å². The second-order valence-electron chi connectivity index (χ2n) is 3.88. The first-order chi connectivity index (χ1) is 8.59. The van der Waals surface area contributed by atoms with Gasteiger partial charge in [0.25, 0.3) is 0 Å². The van der Waals surface area contributed by atoms with Gasteiger partial charge in [0.1, 0.15) is 11.6 Å². The van der Waals surface area contributed by atoms with E-state index < -0.39 is 17.7 Å². The number of halogens is 3. The standard InChI is InChI=1S/C13H11ClF2N2/c14-9-3-2-6-18-13(9)12(17)7-8-10(15)4-1-5-11(8)16/h1-6,12H,7,17H2. The summed E-state index contributed by atoms with van der Waals surface area (Å²) in [5.74, 6) is -1.23. The Bertz CT molecular complexity index is 540. The molecule has 0 aliphatic heterocycles. The lowest BCUT2D eigenvalue weighted by atomic mass is 10.0. The van der Waals surface area contributed by atoms with Gasteiger partial charge in [-0.25, -0.2) is 8.78 Å². The van der Waals surface area contributed by atoms with E-state index in [2.05, 4.69) is 4.98 Å². The van der Waals surface area contributed by atoms with Gasteiger partial charge in [-0.3, -0.25) is 4.98 Å². The van der Waals surface area contributed by atoms with Gasteiger partial charge in [-0.15, -0.1) is 0 Å². The number of rotatable bonds is 3. The summed E-state index contributed by atoms with van der Waals surface area (Å²) in [6.07, 6.45) is 1.55. The Morgan fingerprint density at radius 1 is 1.17 bits per heavy atom. The molecular formula is C13H11ClF2N2. The van der Waals surface area contributed by atoms with Gasteiger partial charge in [0.15, 0.2) is 0 Å². The Morgan fingerprint density at radius 2 is 1.83 bits per heavy atom. The van der Waals surface area contributed by atoms with E-state index >= 15 is 0 Å². The van der Waals surface area contributed by atoms with Crippen LogP contribution in [-0.2, 0) is 6.42 Å².